The normalized spacial score (nSPS) is 16.0. The van der Waals surface area contributed by atoms with Crippen LogP contribution < -0.4 is 0 Å². The van der Waals surface area contributed by atoms with Crippen molar-refractivity contribution in [2.24, 2.45) is 5.10 Å². The van der Waals surface area contributed by atoms with Crippen LogP contribution in [0.15, 0.2) is 69.3 Å². The molecule has 0 unspecified atom stereocenters. The van der Waals surface area contributed by atoms with Gasteiger partial charge in [-0.3, -0.25) is 4.79 Å². The number of carbonyl (C=O) groups excluding carboxylic acids is 1. The van der Waals surface area contributed by atoms with E-state index >= 15 is 0 Å². The molecule has 0 radical (unpaired) electrons. The predicted molar refractivity (Wildman–Crippen MR) is 105 cm³/mol. The molecule has 136 valence electrons. The highest BCUT2D eigenvalue weighted by Gasteiger charge is 2.28. The second-order valence-corrected chi connectivity index (χ2v) is 7.23. The number of halogens is 1. The summed E-state index contributed by atoms with van der Waals surface area (Å²) in [5.74, 6) is 0.427. The maximum Gasteiger partial charge on any atom is 0.277 e. The Morgan fingerprint density at radius 2 is 2.04 bits per heavy atom. The highest BCUT2D eigenvalue weighted by Crippen LogP contribution is 2.30. The molecule has 6 nitrogen and oxygen atoms in total. The zero-order chi connectivity index (χ0) is 18.6. The number of amides is 1. The third kappa shape index (κ3) is 4.04. The second-order valence-electron chi connectivity index (χ2n) is 5.87. The van der Waals surface area contributed by atoms with Crippen LogP contribution in [0.5, 0.6) is 0 Å². The van der Waals surface area contributed by atoms with Gasteiger partial charge < -0.3 is 4.42 Å². The fraction of sp³-hybridized carbons (Fsp3) is 0.158. The molecule has 3 aromatic rings. The van der Waals surface area contributed by atoms with Crippen LogP contribution in [0.25, 0.3) is 11.5 Å². The van der Waals surface area contributed by atoms with Crippen LogP contribution in [0.3, 0.4) is 0 Å². The van der Waals surface area contributed by atoms with E-state index in [9.17, 15) is 4.79 Å². The Morgan fingerprint density at radius 1 is 1.19 bits per heavy atom. The molecule has 0 saturated carbocycles. The number of thioether (sulfide) groups is 1. The minimum Gasteiger partial charge on any atom is -0.411 e. The third-order valence-electron chi connectivity index (χ3n) is 4.07. The fourth-order valence-corrected chi connectivity index (χ4v) is 3.61. The van der Waals surface area contributed by atoms with Crippen molar-refractivity contribution in [2.45, 2.75) is 17.7 Å². The molecule has 27 heavy (non-hydrogen) atoms. The van der Waals surface area contributed by atoms with Crippen molar-refractivity contribution in [1.29, 1.82) is 0 Å². The number of carbonyl (C=O) groups is 1. The van der Waals surface area contributed by atoms with Crippen LogP contribution in [0.4, 0.5) is 0 Å². The van der Waals surface area contributed by atoms with E-state index in [1.54, 1.807) is 18.3 Å². The van der Waals surface area contributed by atoms with Gasteiger partial charge in [0, 0.05) is 23.2 Å². The number of nitrogens with zero attached hydrogens (tertiary/aromatic N) is 4. The summed E-state index contributed by atoms with van der Waals surface area (Å²) in [4.78, 5) is 12.6. The van der Waals surface area contributed by atoms with Gasteiger partial charge in [-0.1, -0.05) is 59.8 Å². The highest BCUT2D eigenvalue weighted by molar-refractivity contribution is 7.99. The Labute approximate surface area is 165 Å². The number of aromatic nitrogens is 2. The first-order chi connectivity index (χ1) is 13.2. The summed E-state index contributed by atoms with van der Waals surface area (Å²) in [6.07, 6.45) is 2.48. The van der Waals surface area contributed by atoms with Crippen molar-refractivity contribution in [2.75, 3.05) is 5.75 Å². The fourth-order valence-electron chi connectivity index (χ4n) is 2.80. The second kappa shape index (κ2) is 7.94. The monoisotopic (exact) mass is 398 g/mol. The first kappa shape index (κ1) is 17.8. The lowest BCUT2D eigenvalue weighted by molar-refractivity contribution is -0.130. The van der Waals surface area contributed by atoms with Crippen LogP contribution in [-0.4, -0.2) is 33.1 Å². The summed E-state index contributed by atoms with van der Waals surface area (Å²) >= 11 is 7.18. The number of hydrogen-bond donors (Lipinski definition) is 0. The van der Waals surface area contributed by atoms with Gasteiger partial charge in [0.2, 0.25) is 5.89 Å². The molecule has 2 aromatic carbocycles. The smallest absolute Gasteiger partial charge is 0.277 e. The Hall–Kier alpha value is -2.64. The van der Waals surface area contributed by atoms with Crippen molar-refractivity contribution in [3.05, 3.63) is 65.2 Å². The van der Waals surface area contributed by atoms with E-state index < -0.39 is 0 Å². The lowest BCUT2D eigenvalue weighted by Gasteiger charge is -2.21. The lowest BCUT2D eigenvalue weighted by atomic mass is 10.0. The zero-order valence-corrected chi connectivity index (χ0v) is 15.7. The molecule has 1 aliphatic heterocycles. The number of hydrogen-bond acceptors (Lipinski definition) is 6. The Bertz CT molecular complexity index is 977. The molecule has 0 N–H and O–H groups in total. The molecule has 8 heteroatoms. The van der Waals surface area contributed by atoms with Crippen LogP contribution in [-0.2, 0) is 4.79 Å². The molecular weight excluding hydrogens is 384 g/mol. The van der Waals surface area contributed by atoms with Gasteiger partial charge in [0.1, 0.15) is 0 Å². The summed E-state index contributed by atoms with van der Waals surface area (Å²) in [6, 6.07) is 17.0. The van der Waals surface area contributed by atoms with Crippen molar-refractivity contribution in [1.82, 2.24) is 15.2 Å². The summed E-state index contributed by atoms with van der Waals surface area (Å²) in [5, 5.41) is 14.7. The van der Waals surface area contributed by atoms with E-state index in [1.165, 1.54) is 16.8 Å². The molecule has 0 bridgehead atoms. The van der Waals surface area contributed by atoms with Gasteiger partial charge in [0.15, 0.2) is 0 Å². The van der Waals surface area contributed by atoms with Crippen molar-refractivity contribution in [3.8, 4) is 11.5 Å². The van der Waals surface area contributed by atoms with Crippen LogP contribution >= 0.6 is 23.4 Å². The average molecular weight is 399 g/mol. The Morgan fingerprint density at radius 3 is 2.85 bits per heavy atom. The highest BCUT2D eigenvalue weighted by atomic mass is 35.5. The molecule has 4 rings (SSSR count). The molecular formula is C19H15ClN4O2S. The molecule has 0 fully saturated rings. The SMILES string of the molecule is O=C(CSc1nnc(-c2cccc(Cl)c2)o1)N1N=CC[C@H]1c1ccccc1. The van der Waals surface area contributed by atoms with Gasteiger partial charge in [-0.05, 0) is 23.8 Å². The summed E-state index contributed by atoms with van der Waals surface area (Å²) in [5.41, 5.74) is 1.80. The number of benzene rings is 2. The van der Waals surface area contributed by atoms with Crippen LogP contribution in [0.1, 0.15) is 18.0 Å². The maximum atomic E-state index is 12.6. The summed E-state index contributed by atoms with van der Waals surface area (Å²) < 4.78 is 5.62. The van der Waals surface area contributed by atoms with E-state index in [4.69, 9.17) is 16.0 Å². The van der Waals surface area contributed by atoms with Crippen molar-refractivity contribution in [3.63, 3.8) is 0 Å². The van der Waals surface area contributed by atoms with Crippen LogP contribution in [0.2, 0.25) is 5.02 Å². The van der Waals surface area contributed by atoms with Gasteiger partial charge in [-0.15, -0.1) is 10.2 Å². The van der Waals surface area contributed by atoms with E-state index in [0.29, 0.717) is 22.6 Å². The predicted octanol–water partition coefficient (Wildman–Crippen LogP) is 4.44. The molecule has 1 aromatic heterocycles. The molecule has 0 saturated heterocycles. The summed E-state index contributed by atoms with van der Waals surface area (Å²) in [7, 11) is 0. The molecule has 1 atom stereocenters. The van der Waals surface area contributed by atoms with Crippen molar-refractivity contribution >= 4 is 35.5 Å². The van der Waals surface area contributed by atoms with E-state index in [2.05, 4.69) is 15.3 Å². The van der Waals surface area contributed by atoms with E-state index in [1.807, 2.05) is 42.5 Å². The lowest BCUT2D eigenvalue weighted by Crippen LogP contribution is -2.28. The Balaban J connectivity index is 1.40. The van der Waals surface area contributed by atoms with E-state index in [-0.39, 0.29) is 17.7 Å². The molecule has 0 aliphatic carbocycles. The summed E-state index contributed by atoms with van der Waals surface area (Å²) in [6.45, 7) is 0. The Kier molecular flexibility index (Phi) is 5.22. The number of rotatable bonds is 5. The van der Waals surface area contributed by atoms with Gasteiger partial charge in [-0.25, -0.2) is 5.01 Å². The molecule has 1 amide bonds. The van der Waals surface area contributed by atoms with E-state index in [0.717, 1.165) is 11.1 Å². The quantitative estimate of drug-likeness (QED) is 0.594. The minimum atomic E-state index is -0.106. The first-order valence-corrected chi connectivity index (χ1v) is 9.69. The third-order valence-corrected chi connectivity index (χ3v) is 5.11. The molecule has 2 heterocycles. The topological polar surface area (TPSA) is 71.6 Å². The van der Waals surface area contributed by atoms with Crippen LogP contribution in [0, 0.1) is 0 Å². The number of hydrazone groups is 1. The first-order valence-electron chi connectivity index (χ1n) is 8.32. The van der Waals surface area contributed by atoms with Gasteiger partial charge in [0.25, 0.3) is 11.1 Å². The van der Waals surface area contributed by atoms with Gasteiger partial charge in [-0.2, -0.15) is 5.10 Å². The zero-order valence-electron chi connectivity index (χ0n) is 14.2. The standard InChI is InChI=1S/C19H15ClN4O2S/c20-15-8-4-7-14(11-15)18-22-23-19(26-18)27-12-17(25)24-16(9-10-21-24)13-5-2-1-3-6-13/h1-8,10-11,16H,9,12H2/t16-/m0/s1. The molecule has 0 spiro atoms. The average Bonchev–Trinajstić information content (AvgIpc) is 3.36. The largest absolute Gasteiger partial charge is 0.411 e. The maximum absolute atomic E-state index is 12.6. The molecule has 1 aliphatic rings. The van der Waals surface area contributed by atoms with Gasteiger partial charge >= 0.3 is 0 Å². The minimum absolute atomic E-state index is 0.0657. The van der Waals surface area contributed by atoms with Crippen molar-refractivity contribution < 1.29 is 9.21 Å². The van der Waals surface area contributed by atoms with Gasteiger partial charge in [0.05, 0.1) is 11.8 Å².